The van der Waals surface area contributed by atoms with Crippen molar-refractivity contribution in [2.75, 3.05) is 38.5 Å². The van der Waals surface area contributed by atoms with Crippen LogP contribution in [0.2, 0.25) is 0 Å². The van der Waals surface area contributed by atoms with Gasteiger partial charge in [-0.2, -0.15) is 0 Å². The molecule has 0 aliphatic carbocycles. The molecule has 0 spiro atoms. The Morgan fingerprint density at radius 2 is 1.83 bits per heavy atom. The number of pyridine rings is 1. The summed E-state index contributed by atoms with van der Waals surface area (Å²) in [6, 6.07) is 18.9. The molecule has 0 saturated carbocycles. The van der Waals surface area contributed by atoms with E-state index >= 15 is 0 Å². The smallest absolute Gasteiger partial charge is 0.259 e. The maximum atomic E-state index is 12.9. The Hall–Kier alpha value is -3.38. The standard InChI is InChI=1S/C23H25N3O3/c1-26(2)22-20(23(27)24-18-9-6-10-19(14-18)29-4)11-12-21(25-22)17-8-5-7-16(13-17)15-28-3/h5-14H,15H2,1-4H3,(H,24,27). The Balaban J connectivity index is 1.91. The van der Waals surface area contributed by atoms with E-state index in [9.17, 15) is 4.79 Å². The van der Waals surface area contributed by atoms with E-state index in [1.165, 1.54) is 0 Å². The molecule has 0 fully saturated rings. The number of nitrogens with one attached hydrogen (secondary N) is 1. The number of amides is 1. The Bertz CT molecular complexity index is 1000. The van der Waals surface area contributed by atoms with Crippen molar-refractivity contribution < 1.29 is 14.3 Å². The molecular weight excluding hydrogens is 366 g/mol. The van der Waals surface area contributed by atoms with E-state index in [0.29, 0.717) is 29.4 Å². The molecule has 0 bridgehead atoms. The summed E-state index contributed by atoms with van der Waals surface area (Å²) in [4.78, 5) is 19.5. The molecule has 3 rings (SSSR count). The fourth-order valence-corrected chi connectivity index (χ4v) is 3.01. The van der Waals surface area contributed by atoms with Crippen molar-refractivity contribution >= 4 is 17.4 Å². The van der Waals surface area contributed by atoms with Gasteiger partial charge in [0.15, 0.2) is 0 Å². The largest absolute Gasteiger partial charge is 0.497 e. The average molecular weight is 391 g/mol. The van der Waals surface area contributed by atoms with E-state index < -0.39 is 0 Å². The number of carbonyl (C=O) groups is 1. The Morgan fingerprint density at radius 3 is 2.55 bits per heavy atom. The van der Waals surface area contributed by atoms with Gasteiger partial charge >= 0.3 is 0 Å². The van der Waals surface area contributed by atoms with Crippen molar-refractivity contribution in [2.24, 2.45) is 0 Å². The summed E-state index contributed by atoms with van der Waals surface area (Å²) in [6.07, 6.45) is 0. The highest BCUT2D eigenvalue weighted by atomic mass is 16.5. The number of anilines is 2. The summed E-state index contributed by atoms with van der Waals surface area (Å²) in [6.45, 7) is 0.537. The molecule has 1 aromatic heterocycles. The van der Waals surface area contributed by atoms with Crippen LogP contribution in [0.4, 0.5) is 11.5 Å². The number of hydrogen-bond donors (Lipinski definition) is 1. The van der Waals surface area contributed by atoms with E-state index in [4.69, 9.17) is 14.5 Å². The van der Waals surface area contributed by atoms with Gasteiger partial charge in [-0.15, -0.1) is 0 Å². The average Bonchev–Trinajstić information content (AvgIpc) is 2.74. The molecule has 150 valence electrons. The first-order valence-corrected chi connectivity index (χ1v) is 9.24. The van der Waals surface area contributed by atoms with E-state index in [-0.39, 0.29) is 5.91 Å². The van der Waals surface area contributed by atoms with Crippen LogP contribution in [0.1, 0.15) is 15.9 Å². The summed E-state index contributed by atoms with van der Waals surface area (Å²) in [7, 11) is 7.01. The summed E-state index contributed by atoms with van der Waals surface area (Å²) in [5.74, 6) is 1.05. The van der Waals surface area contributed by atoms with Crippen molar-refractivity contribution in [3.05, 3.63) is 71.8 Å². The molecule has 29 heavy (non-hydrogen) atoms. The molecule has 6 heteroatoms. The lowest BCUT2D eigenvalue weighted by Crippen LogP contribution is -2.20. The molecule has 1 amide bonds. The monoisotopic (exact) mass is 391 g/mol. The highest BCUT2D eigenvalue weighted by molar-refractivity contribution is 6.07. The van der Waals surface area contributed by atoms with Crippen LogP contribution in [0, 0.1) is 0 Å². The second-order valence-electron chi connectivity index (χ2n) is 6.78. The normalized spacial score (nSPS) is 10.5. The molecule has 0 aliphatic heterocycles. The van der Waals surface area contributed by atoms with Crippen molar-refractivity contribution in [3.63, 3.8) is 0 Å². The minimum Gasteiger partial charge on any atom is -0.497 e. The van der Waals surface area contributed by atoms with Gasteiger partial charge in [0.2, 0.25) is 0 Å². The van der Waals surface area contributed by atoms with Gasteiger partial charge in [0.25, 0.3) is 5.91 Å². The van der Waals surface area contributed by atoms with Crippen LogP contribution >= 0.6 is 0 Å². The molecule has 1 N–H and O–H groups in total. The number of nitrogens with zero attached hydrogens (tertiary/aromatic N) is 2. The molecule has 6 nitrogen and oxygen atoms in total. The van der Waals surface area contributed by atoms with Crippen LogP contribution in [-0.4, -0.2) is 39.2 Å². The first kappa shape index (κ1) is 20.4. The summed E-state index contributed by atoms with van der Waals surface area (Å²) in [5, 5.41) is 2.91. The van der Waals surface area contributed by atoms with Crippen molar-refractivity contribution in [1.82, 2.24) is 4.98 Å². The predicted octanol–water partition coefficient (Wildman–Crippen LogP) is 4.22. The molecule has 0 aliphatic rings. The van der Waals surface area contributed by atoms with E-state index in [0.717, 1.165) is 16.8 Å². The van der Waals surface area contributed by atoms with Crippen LogP contribution in [0.5, 0.6) is 5.75 Å². The predicted molar refractivity (Wildman–Crippen MR) is 116 cm³/mol. The summed E-state index contributed by atoms with van der Waals surface area (Å²) < 4.78 is 10.4. The quantitative estimate of drug-likeness (QED) is 0.653. The van der Waals surface area contributed by atoms with Crippen molar-refractivity contribution in [1.29, 1.82) is 0 Å². The molecule has 0 radical (unpaired) electrons. The highest BCUT2D eigenvalue weighted by Crippen LogP contribution is 2.26. The second-order valence-corrected chi connectivity index (χ2v) is 6.78. The van der Waals surface area contributed by atoms with Gasteiger partial charge in [-0.3, -0.25) is 4.79 Å². The molecular formula is C23H25N3O3. The van der Waals surface area contributed by atoms with Gasteiger partial charge in [-0.05, 0) is 35.9 Å². The van der Waals surface area contributed by atoms with Crippen LogP contribution in [0.3, 0.4) is 0 Å². The maximum absolute atomic E-state index is 12.9. The van der Waals surface area contributed by atoms with Gasteiger partial charge < -0.3 is 19.7 Å². The van der Waals surface area contributed by atoms with Crippen LogP contribution in [-0.2, 0) is 11.3 Å². The van der Waals surface area contributed by atoms with Crippen LogP contribution in [0.15, 0.2) is 60.7 Å². The topological polar surface area (TPSA) is 63.7 Å². The third-order valence-electron chi connectivity index (χ3n) is 4.40. The first-order valence-electron chi connectivity index (χ1n) is 9.24. The zero-order valence-electron chi connectivity index (χ0n) is 17.1. The Kier molecular flexibility index (Phi) is 6.46. The summed E-state index contributed by atoms with van der Waals surface area (Å²) >= 11 is 0. The molecule has 3 aromatic rings. The van der Waals surface area contributed by atoms with Gasteiger partial charge in [-0.25, -0.2) is 4.98 Å². The second kappa shape index (κ2) is 9.21. The maximum Gasteiger partial charge on any atom is 0.259 e. The molecule has 0 atom stereocenters. The van der Waals surface area contributed by atoms with Crippen LogP contribution < -0.4 is 15.0 Å². The Labute approximate surface area is 171 Å². The highest BCUT2D eigenvalue weighted by Gasteiger charge is 2.16. The molecule has 2 aromatic carbocycles. The number of ether oxygens (including phenoxy) is 2. The minimum absolute atomic E-state index is 0.228. The fraction of sp³-hybridized carbons (Fsp3) is 0.217. The number of benzene rings is 2. The fourth-order valence-electron chi connectivity index (χ4n) is 3.01. The van der Waals surface area contributed by atoms with Gasteiger partial charge in [0, 0.05) is 38.5 Å². The minimum atomic E-state index is -0.228. The summed E-state index contributed by atoms with van der Waals surface area (Å²) in [5.41, 5.74) is 4.00. The number of hydrogen-bond acceptors (Lipinski definition) is 5. The van der Waals surface area contributed by atoms with E-state index in [1.54, 1.807) is 26.4 Å². The molecule has 1 heterocycles. The van der Waals surface area contributed by atoms with Gasteiger partial charge in [0.05, 0.1) is 25.0 Å². The lowest BCUT2D eigenvalue weighted by atomic mass is 10.1. The zero-order valence-corrected chi connectivity index (χ0v) is 17.1. The third-order valence-corrected chi connectivity index (χ3v) is 4.40. The number of carbonyl (C=O) groups excluding carboxylic acids is 1. The van der Waals surface area contributed by atoms with Gasteiger partial charge in [0.1, 0.15) is 11.6 Å². The third kappa shape index (κ3) is 4.92. The van der Waals surface area contributed by atoms with E-state index in [1.807, 2.05) is 67.5 Å². The Morgan fingerprint density at radius 1 is 1.03 bits per heavy atom. The SMILES string of the molecule is COCc1cccc(-c2ccc(C(=O)Nc3cccc(OC)c3)c(N(C)C)n2)c1. The van der Waals surface area contributed by atoms with Crippen molar-refractivity contribution in [2.45, 2.75) is 6.61 Å². The van der Waals surface area contributed by atoms with Crippen molar-refractivity contribution in [3.8, 4) is 17.0 Å². The van der Waals surface area contributed by atoms with E-state index in [2.05, 4.69) is 5.32 Å². The first-order chi connectivity index (χ1) is 14.0. The number of aromatic nitrogens is 1. The number of rotatable bonds is 7. The molecule has 0 saturated heterocycles. The lowest BCUT2D eigenvalue weighted by molar-refractivity contribution is 0.102. The van der Waals surface area contributed by atoms with Gasteiger partial charge in [-0.1, -0.05) is 24.3 Å². The number of methoxy groups -OCH3 is 2. The van der Waals surface area contributed by atoms with Crippen LogP contribution in [0.25, 0.3) is 11.3 Å². The lowest BCUT2D eigenvalue weighted by Gasteiger charge is -2.17. The molecule has 0 unspecified atom stereocenters. The zero-order chi connectivity index (χ0) is 20.8.